The molecule has 158 valence electrons. The summed E-state index contributed by atoms with van der Waals surface area (Å²) in [4.78, 5) is 44.9. The Bertz CT molecular complexity index is 1110. The Morgan fingerprint density at radius 3 is 2.84 bits per heavy atom. The lowest BCUT2D eigenvalue weighted by Gasteiger charge is -2.27. The highest BCUT2D eigenvalue weighted by molar-refractivity contribution is 7.20. The topological polar surface area (TPSA) is 88.6 Å². The zero-order valence-electron chi connectivity index (χ0n) is 16.7. The van der Waals surface area contributed by atoms with E-state index >= 15 is 0 Å². The molecule has 4 heterocycles. The van der Waals surface area contributed by atoms with Gasteiger partial charge in [-0.25, -0.2) is 0 Å². The van der Waals surface area contributed by atoms with Crippen molar-refractivity contribution in [3.05, 3.63) is 65.3 Å². The Morgan fingerprint density at radius 1 is 1.23 bits per heavy atom. The van der Waals surface area contributed by atoms with Crippen molar-refractivity contribution in [2.45, 2.75) is 31.0 Å². The molecule has 2 aliphatic rings. The van der Waals surface area contributed by atoms with Crippen molar-refractivity contribution in [2.24, 2.45) is 0 Å². The molecule has 1 aromatic carbocycles. The molecule has 5 rings (SSSR count). The fourth-order valence-electron chi connectivity index (χ4n) is 4.32. The van der Waals surface area contributed by atoms with Crippen LogP contribution in [0.25, 0.3) is 10.1 Å². The summed E-state index contributed by atoms with van der Waals surface area (Å²) in [7, 11) is 0. The third-order valence-corrected chi connectivity index (χ3v) is 6.95. The van der Waals surface area contributed by atoms with Gasteiger partial charge in [0.05, 0.1) is 11.0 Å². The van der Waals surface area contributed by atoms with E-state index in [9.17, 15) is 14.4 Å². The molecule has 3 atom stereocenters. The van der Waals surface area contributed by atoms with E-state index in [0.717, 1.165) is 15.6 Å². The lowest BCUT2D eigenvalue weighted by Crippen LogP contribution is -2.53. The Balaban J connectivity index is 1.40. The number of Topliss-reactive ketones (excluding diaryl/α,β-unsaturated/α-hetero) is 1. The van der Waals surface area contributed by atoms with Crippen LogP contribution < -0.4 is 5.32 Å². The number of nitrogens with one attached hydrogen (secondary N) is 1. The first-order valence-corrected chi connectivity index (χ1v) is 11.0. The summed E-state index contributed by atoms with van der Waals surface area (Å²) in [6.07, 6.45) is 4.03. The Labute approximate surface area is 183 Å². The van der Waals surface area contributed by atoms with E-state index in [2.05, 4.69) is 10.3 Å². The van der Waals surface area contributed by atoms with Crippen LogP contribution in [0.2, 0.25) is 0 Å². The number of carbonyl (C=O) groups is 3. The monoisotopic (exact) mass is 435 g/mol. The summed E-state index contributed by atoms with van der Waals surface area (Å²) in [5.74, 6) is -0.620. The minimum Gasteiger partial charge on any atom is -0.368 e. The first-order valence-electron chi connectivity index (χ1n) is 10.2. The number of likely N-dealkylation sites (tertiary alicyclic amines) is 1. The largest absolute Gasteiger partial charge is 0.368 e. The second-order valence-corrected chi connectivity index (χ2v) is 8.90. The SMILES string of the molecule is O=C(NC(Cc1ccncc1)C(=O)N1CCC2OCC(=O)C21)c1cc2ccccc2s1. The van der Waals surface area contributed by atoms with Crippen molar-refractivity contribution in [1.82, 2.24) is 15.2 Å². The Morgan fingerprint density at radius 2 is 2.03 bits per heavy atom. The summed E-state index contributed by atoms with van der Waals surface area (Å²) in [5.41, 5.74) is 0.884. The molecule has 3 aromatic rings. The van der Waals surface area contributed by atoms with Crippen molar-refractivity contribution >= 4 is 39.0 Å². The number of benzene rings is 1. The number of ether oxygens (including phenoxy) is 1. The number of thiophene rings is 1. The normalized spacial score (nSPS) is 21.3. The molecule has 1 N–H and O–H groups in total. The molecule has 8 heteroatoms. The van der Waals surface area contributed by atoms with E-state index in [1.165, 1.54) is 11.3 Å². The van der Waals surface area contributed by atoms with Crippen LogP contribution in [0, 0.1) is 0 Å². The van der Waals surface area contributed by atoms with E-state index < -0.39 is 12.1 Å². The maximum absolute atomic E-state index is 13.5. The van der Waals surface area contributed by atoms with Gasteiger partial charge in [-0.1, -0.05) is 18.2 Å². The predicted molar refractivity (Wildman–Crippen MR) is 116 cm³/mol. The standard InChI is InChI=1S/C23H21N3O4S/c27-17-13-30-18-7-10-26(21(17)18)23(29)16(11-14-5-8-24-9-6-14)25-22(28)20-12-15-3-1-2-4-19(15)31-20/h1-6,8-9,12,16,18,21H,7,10-11,13H2,(H,25,28). The van der Waals surface area contributed by atoms with Gasteiger partial charge in [0.1, 0.15) is 18.7 Å². The lowest BCUT2D eigenvalue weighted by atomic mass is 10.0. The minimum atomic E-state index is -0.785. The van der Waals surface area contributed by atoms with Crippen LogP contribution in [0.15, 0.2) is 54.9 Å². The van der Waals surface area contributed by atoms with Crippen molar-refractivity contribution < 1.29 is 19.1 Å². The number of hydrogen-bond acceptors (Lipinski definition) is 6. The van der Waals surface area contributed by atoms with Crippen LogP contribution in [0.5, 0.6) is 0 Å². The zero-order valence-corrected chi connectivity index (χ0v) is 17.5. The molecule has 2 fully saturated rings. The van der Waals surface area contributed by atoms with Gasteiger partial charge in [-0.15, -0.1) is 11.3 Å². The molecule has 0 radical (unpaired) electrons. The molecule has 2 aliphatic heterocycles. The van der Waals surface area contributed by atoms with Gasteiger partial charge in [-0.05, 0) is 41.6 Å². The van der Waals surface area contributed by atoms with Crippen molar-refractivity contribution in [1.29, 1.82) is 0 Å². The van der Waals surface area contributed by atoms with Crippen LogP contribution in [-0.2, 0) is 20.7 Å². The summed E-state index contributed by atoms with van der Waals surface area (Å²) in [6.45, 7) is 0.494. The molecule has 0 bridgehead atoms. The number of amides is 2. The van der Waals surface area contributed by atoms with Gasteiger partial charge < -0.3 is 15.0 Å². The highest BCUT2D eigenvalue weighted by Crippen LogP contribution is 2.28. The predicted octanol–water partition coefficient (Wildman–Crippen LogP) is 2.21. The summed E-state index contributed by atoms with van der Waals surface area (Å²) < 4.78 is 6.53. The zero-order chi connectivity index (χ0) is 21.4. The third-order valence-electron chi connectivity index (χ3n) is 5.84. The second kappa shape index (κ2) is 8.20. The first kappa shape index (κ1) is 19.8. The number of fused-ring (bicyclic) bond motifs is 2. The average molecular weight is 436 g/mol. The molecule has 2 amide bonds. The quantitative estimate of drug-likeness (QED) is 0.664. The Kier molecular flexibility index (Phi) is 5.25. The first-order chi connectivity index (χ1) is 15.1. The fraction of sp³-hybridized carbons (Fsp3) is 0.304. The smallest absolute Gasteiger partial charge is 0.262 e. The van der Waals surface area contributed by atoms with Gasteiger partial charge in [-0.3, -0.25) is 19.4 Å². The van der Waals surface area contributed by atoms with E-state index in [1.807, 2.05) is 42.5 Å². The van der Waals surface area contributed by atoms with E-state index in [-0.39, 0.29) is 30.3 Å². The van der Waals surface area contributed by atoms with Crippen LogP contribution in [0.1, 0.15) is 21.7 Å². The molecule has 2 aromatic heterocycles. The van der Waals surface area contributed by atoms with Crippen LogP contribution in [-0.4, -0.2) is 58.8 Å². The summed E-state index contributed by atoms with van der Waals surface area (Å²) in [6, 6.07) is 11.9. The fourth-order valence-corrected chi connectivity index (χ4v) is 5.29. The molecular formula is C23H21N3O4S. The minimum absolute atomic E-state index is 0.0439. The number of pyridine rings is 1. The van der Waals surface area contributed by atoms with Gasteiger partial charge >= 0.3 is 0 Å². The molecule has 0 saturated carbocycles. The van der Waals surface area contributed by atoms with E-state index in [1.54, 1.807) is 17.3 Å². The molecule has 2 saturated heterocycles. The number of aromatic nitrogens is 1. The highest BCUT2D eigenvalue weighted by Gasteiger charge is 2.48. The summed E-state index contributed by atoms with van der Waals surface area (Å²) >= 11 is 1.39. The molecule has 0 aliphatic carbocycles. The van der Waals surface area contributed by atoms with Gasteiger partial charge in [-0.2, -0.15) is 0 Å². The van der Waals surface area contributed by atoms with Crippen molar-refractivity contribution in [2.75, 3.05) is 13.2 Å². The van der Waals surface area contributed by atoms with Crippen molar-refractivity contribution in [3.63, 3.8) is 0 Å². The number of ketones is 1. The van der Waals surface area contributed by atoms with Crippen LogP contribution in [0.4, 0.5) is 0 Å². The van der Waals surface area contributed by atoms with Crippen molar-refractivity contribution in [3.8, 4) is 0 Å². The van der Waals surface area contributed by atoms with Gasteiger partial charge in [0, 0.05) is 30.1 Å². The molecule has 7 nitrogen and oxygen atoms in total. The van der Waals surface area contributed by atoms with Crippen LogP contribution in [0.3, 0.4) is 0 Å². The maximum atomic E-state index is 13.5. The Hall–Kier alpha value is -3.10. The van der Waals surface area contributed by atoms with Gasteiger partial charge in [0.2, 0.25) is 5.91 Å². The lowest BCUT2D eigenvalue weighted by molar-refractivity contribution is -0.138. The molecular weight excluding hydrogens is 414 g/mol. The highest BCUT2D eigenvalue weighted by atomic mass is 32.1. The van der Waals surface area contributed by atoms with Gasteiger partial charge in [0.15, 0.2) is 5.78 Å². The maximum Gasteiger partial charge on any atom is 0.262 e. The number of hydrogen-bond donors (Lipinski definition) is 1. The molecule has 3 unspecified atom stereocenters. The summed E-state index contributed by atoms with van der Waals surface area (Å²) in [5, 5.41) is 3.91. The number of carbonyl (C=O) groups excluding carboxylic acids is 3. The third kappa shape index (κ3) is 3.84. The number of nitrogens with zero attached hydrogens (tertiary/aromatic N) is 2. The number of rotatable bonds is 5. The molecule has 0 spiro atoms. The molecule has 31 heavy (non-hydrogen) atoms. The second-order valence-electron chi connectivity index (χ2n) is 7.82. The van der Waals surface area contributed by atoms with E-state index in [0.29, 0.717) is 24.3 Å². The average Bonchev–Trinajstić information content (AvgIpc) is 3.49. The van der Waals surface area contributed by atoms with E-state index in [4.69, 9.17) is 4.74 Å². The van der Waals surface area contributed by atoms with Crippen LogP contribution >= 0.6 is 11.3 Å². The van der Waals surface area contributed by atoms with Gasteiger partial charge in [0.25, 0.3) is 5.91 Å².